The predicted molar refractivity (Wildman–Crippen MR) is 79.0 cm³/mol. The Labute approximate surface area is 120 Å². The van der Waals surface area contributed by atoms with Crippen LogP contribution in [0, 0.1) is 0 Å². The van der Waals surface area contributed by atoms with E-state index >= 15 is 0 Å². The fraction of sp³-hybridized carbons (Fsp3) is 0.667. The lowest BCUT2D eigenvalue weighted by Crippen LogP contribution is -2.45. The summed E-state index contributed by atoms with van der Waals surface area (Å²) in [6, 6.07) is 3.89. The summed E-state index contributed by atoms with van der Waals surface area (Å²) in [4.78, 5) is 6.13. The van der Waals surface area contributed by atoms with E-state index in [1.807, 2.05) is 44.0 Å². The first-order valence-corrected chi connectivity index (χ1v) is 7.16. The Kier molecular flexibility index (Phi) is 4.62. The van der Waals surface area contributed by atoms with Gasteiger partial charge in [-0.05, 0) is 51.2 Å². The average molecular weight is 279 g/mol. The second kappa shape index (κ2) is 6.08. The van der Waals surface area contributed by atoms with Crippen LogP contribution < -0.4 is 5.73 Å². The van der Waals surface area contributed by atoms with E-state index < -0.39 is 6.41 Å². The van der Waals surface area contributed by atoms with Crippen molar-refractivity contribution in [3.8, 4) is 0 Å². The molecule has 2 heterocycles. The number of aliphatic hydroxyl groups is 1. The number of hydrogen-bond acceptors (Lipinski definition) is 5. The van der Waals surface area contributed by atoms with Gasteiger partial charge in [0.05, 0.1) is 5.60 Å². The van der Waals surface area contributed by atoms with Gasteiger partial charge in [0.2, 0.25) is 6.41 Å². The summed E-state index contributed by atoms with van der Waals surface area (Å²) in [6.45, 7) is 7.49. The summed E-state index contributed by atoms with van der Waals surface area (Å²) in [5.74, 6) is 1.04. The van der Waals surface area contributed by atoms with E-state index in [4.69, 9.17) is 10.5 Å². The van der Waals surface area contributed by atoms with Crippen LogP contribution in [0.2, 0.25) is 0 Å². The van der Waals surface area contributed by atoms with Crippen molar-refractivity contribution in [3.63, 3.8) is 0 Å². The molecule has 0 amide bonds. The number of hydrogen-bond donors (Lipinski definition) is 2. The van der Waals surface area contributed by atoms with Crippen LogP contribution >= 0.6 is 0 Å². The van der Waals surface area contributed by atoms with Crippen LogP contribution in [0.1, 0.15) is 45.1 Å². The Morgan fingerprint density at radius 3 is 2.50 bits per heavy atom. The quantitative estimate of drug-likeness (QED) is 0.827. The normalized spacial score (nSPS) is 20.0. The SMILES string of the molecule is CC(C)(C)OC(O)N1CCC(c2ccc(N)nc2)CC1. The summed E-state index contributed by atoms with van der Waals surface area (Å²) in [5.41, 5.74) is 6.50. The van der Waals surface area contributed by atoms with Gasteiger partial charge >= 0.3 is 0 Å². The van der Waals surface area contributed by atoms with Gasteiger partial charge in [0.25, 0.3) is 0 Å². The molecule has 1 saturated heterocycles. The molecule has 5 heteroatoms. The van der Waals surface area contributed by atoms with E-state index in [0.717, 1.165) is 25.9 Å². The maximum atomic E-state index is 10.1. The minimum Gasteiger partial charge on any atom is -0.384 e. The van der Waals surface area contributed by atoms with E-state index in [0.29, 0.717) is 11.7 Å². The maximum absolute atomic E-state index is 10.1. The summed E-state index contributed by atoms with van der Waals surface area (Å²) < 4.78 is 5.59. The molecule has 1 atom stereocenters. The van der Waals surface area contributed by atoms with Crippen molar-refractivity contribution in [1.82, 2.24) is 9.88 Å². The number of rotatable bonds is 3. The Morgan fingerprint density at radius 1 is 1.35 bits per heavy atom. The fourth-order valence-corrected chi connectivity index (χ4v) is 2.50. The molecule has 1 aliphatic heterocycles. The molecule has 0 aliphatic carbocycles. The van der Waals surface area contributed by atoms with Gasteiger partial charge in [-0.3, -0.25) is 4.90 Å². The number of nitrogens with zero attached hydrogens (tertiary/aromatic N) is 2. The molecule has 1 aliphatic rings. The third kappa shape index (κ3) is 4.16. The number of ether oxygens (including phenoxy) is 1. The van der Waals surface area contributed by atoms with Gasteiger partial charge in [-0.25, -0.2) is 4.98 Å². The molecule has 1 unspecified atom stereocenters. The van der Waals surface area contributed by atoms with Crippen LogP contribution in [0.15, 0.2) is 18.3 Å². The molecule has 1 aromatic heterocycles. The molecule has 0 radical (unpaired) electrons. The van der Waals surface area contributed by atoms with Gasteiger partial charge < -0.3 is 15.6 Å². The topological polar surface area (TPSA) is 71.6 Å². The van der Waals surface area contributed by atoms with E-state index in [9.17, 15) is 5.11 Å². The lowest BCUT2D eigenvalue weighted by atomic mass is 9.90. The van der Waals surface area contributed by atoms with Crippen molar-refractivity contribution in [2.75, 3.05) is 18.8 Å². The molecule has 0 saturated carbocycles. The highest BCUT2D eigenvalue weighted by molar-refractivity contribution is 5.30. The standard InChI is InChI=1S/C15H25N3O2/c1-15(2,3)20-14(19)18-8-6-11(7-9-18)12-4-5-13(16)17-10-12/h4-5,10-11,14,19H,6-9H2,1-3H3,(H2,16,17). The third-order valence-electron chi connectivity index (χ3n) is 3.58. The zero-order valence-electron chi connectivity index (χ0n) is 12.5. The molecule has 112 valence electrons. The Morgan fingerprint density at radius 2 is 2.00 bits per heavy atom. The van der Waals surface area contributed by atoms with Crippen LogP contribution in [0.5, 0.6) is 0 Å². The molecule has 3 N–H and O–H groups in total. The van der Waals surface area contributed by atoms with Crippen molar-refractivity contribution >= 4 is 5.82 Å². The molecule has 1 fully saturated rings. The second-order valence-corrected chi connectivity index (χ2v) is 6.38. The Bertz CT molecular complexity index is 420. The number of likely N-dealkylation sites (tertiary alicyclic amines) is 1. The first-order chi connectivity index (χ1) is 9.35. The molecule has 20 heavy (non-hydrogen) atoms. The van der Waals surface area contributed by atoms with Gasteiger partial charge in [0, 0.05) is 19.3 Å². The summed E-state index contributed by atoms with van der Waals surface area (Å²) in [7, 11) is 0. The fourth-order valence-electron chi connectivity index (χ4n) is 2.50. The highest BCUT2D eigenvalue weighted by atomic mass is 16.6. The minimum absolute atomic E-state index is 0.336. The van der Waals surface area contributed by atoms with E-state index in [1.165, 1.54) is 5.56 Å². The number of anilines is 1. The monoisotopic (exact) mass is 279 g/mol. The molecular weight excluding hydrogens is 254 g/mol. The van der Waals surface area contributed by atoms with E-state index in [-0.39, 0.29) is 5.60 Å². The van der Waals surface area contributed by atoms with Crippen LogP contribution in [-0.4, -0.2) is 40.1 Å². The van der Waals surface area contributed by atoms with Crippen molar-refractivity contribution in [3.05, 3.63) is 23.9 Å². The summed E-state index contributed by atoms with van der Waals surface area (Å²) in [6.07, 6.45) is 3.03. The van der Waals surface area contributed by atoms with Gasteiger partial charge in [0.1, 0.15) is 5.82 Å². The van der Waals surface area contributed by atoms with E-state index in [2.05, 4.69) is 4.98 Å². The zero-order valence-corrected chi connectivity index (χ0v) is 12.5. The van der Waals surface area contributed by atoms with Crippen molar-refractivity contribution < 1.29 is 9.84 Å². The first-order valence-electron chi connectivity index (χ1n) is 7.16. The number of aliphatic hydroxyl groups excluding tert-OH is 1. The third-order valence-corrected chi connectivity index (χ3v) is 3.58. The summed E-state index contributed by atoms with van der Waals surface area (Å²) in [5, 5.41) is 10.1. The van der Waals surface area contributed by atoms with Gasteiger partial charge in [-0.2, -0.15) is 0 Å². The average Bonchev–Trinajstić information content (AvgIpc) is 2.38. The van der Waals surface area contributed by atoms with Crippen LogP contribution in [0.3, 0.4) is 0 Å². The Hall–Kier alpha value is -1.17. The van der Waals surface area contributed by atoms with Gasteiger partial charge in [-0.15, -0.1) is 0 Å². The molecular formula is C15H25N3O2. The van der Waals surface area contributed by atoms with E-state index in [1.54, 1.807) is 0 Å². The highest BCUT2D eigenvalue weighted by Gasteiger charge is 2.27. The smallest absolute Gasteiger partial charge is 0.216 e. The van der Waals surface area contributed by atoms with Crippen molar-refractivity contribution in [2.45, 2.75) is 51.5 Å². The van der Waals surface area contributed by atoms with Gasteiger partial charge in [0.15, 0.2) is 0 Å². The second-order valence-electron chi connectivity index (χ2n) is 6.38. The number of aromatic nitrogens is 1. The van der Waals surface area contributed by atoms with Crippen molar-refractivity contribution in [1.29, 1.82) is 0 Å². The molecule has 0 spiro atoms. The maximum Gasteiger partial charge on any atom is 0.216 e. The molecule has 5 nitrogen and oxygen atoms in total. The molecule has 0 bridgehead atoms. The lowest BCUT2D eigenvalue weighted by molar-refractivity contribution is -0.242. The lowest BCUT2D eigenvalue weighted by Gasteiger charge is -2.37. The predicted octanol–water partition coefficient (Wildman–Crippen LogP) is 1.93. The number of nitrogen functional groups attached to an aromatic ring is 1. The van der Waals surface area contributed by atoms with Gasteiger partial charge in [-0.1, -0.05) is 6.07 Å². The minimum atomic E-state index is -0.819. The van der Waals surface area contributed by atoms with Crippen LogP contribution in [0.4, 0.5) is 5.82 Å². The van der Waals surface area contributed by atoms with Crippen LogP contribution in [0.25, 0.3) is 0 Å². The zero-order chi connectivity index (χ0) is 14.8. The summed E-state index contributed by atoms with van der Waals surface area (Å²) >= 11 is 0. The number of pyridine rings is 1. The number of piperidine rings is 1. The number of nitrogens with two attached hydrogens (primary N) is 1. The van der Waals surface area contributed by atoms with Crippen molar-refractivity contribution in [2.24, 2.45) is 0 Å². The van der Waals surface area contributed by atoms with Crippen LogP contribution in [-0.2, 0) is 4.74 Å². The molecule has 0 aromatic carbocycles. The molecule has 1 aromatic rings. The highest BCUT2D eigenvalue weighted by Crippen LogP contribution is 2.29. The first kappa shape index (κ1) is 15.2. The Balaban J connectivity index is 1.87. The molecule has 2 rings (SSSR count). The largest absolute Gasteiger partial charge is 0.384 e.